The number of fused-ring (bicyclic) bond motifs is 2. The summed E-state index contributed by atoms with van der Waals surface area (Å²) in [7, 11) is 0. The number of likely N-dealkylation sites (tertiary alicyclic amines) is 1. The number of benzene rings is 1. The number of hydrogen-bond acceptors (Lipinski definition) is 5. The predicted molar refractivity (Wildman–Crippen MR) is 159 cm³/mol. The number of pyridine rings is 1. The number of aryl methyl sites for hydroxylation is 1. The zero-order valence-corrected chi connectivity index (χ0v) is 24.8. The van der Waals surface area contributed by atoms with E-state index in [1.807, 2.05) is 49.2 Å². The molecule has 0 unspecified atom stereocenters. The fourth-order valence-electron chi connectivity index (χ4n) is 6.08. The average molecular weight is 557 g/mol. The lowest BCUT2D eigenvalue weighted by Crippen LogP contribution is -2.41. The van der Waals surface area contributed by atoms with Crippen LogP contribution < -0.4 is 0 Å². The maximum absolute atomic E-state index is 12.7. The van der Waals surface area contributed by atoms with Gasteiger partial charge in [0.2, 0.25) is 0 Å². The van der Waals surface area contributed by atoms with Gasteiger partial charge in [0.1, 0.15) is 11.3 Å². The molecule has 1 saturated carbocycles. The molecule has 6 rings (SSSR count). The Morgan fingerprint density at radius 3 is 2.49 bits per heavy atom. The van der Waals surface area contributed by atoms with Gasteiger partial charge in [-0.15, -0.1) is 0 Å². The number of rotatable bonds is 6. The highest BCUT2D eigenvalue weighted by atomic mass is 16.6. The topological polar surface area (TPSA) is 78.1 Å². The maximum Gasteiger partial charge on any atom is 0.410 e. The number of ether oxygens (including phenoxy) is 2. The number of amides is 1. The van der Waals surface area contributed by atoms with Crippen molar-refractivity contribution in [3.05, 3.63) is 59.3 Å². The van der Waals surface area contributed by atoms with Crippen molar-refractivity contribution in [2.45, 2.75) is 78.4 Å². The molecule has 0 N–H and O–H groups in total. The van der Waals surface area contributed by atoms with Crippen molar-refractivity contribution in [1.29, 1.82) is 0 Å². The monoisotopic (exact) mass is 556 g/mol. The van der Waals surface area contributed by atoms with Gasteiger partial charge in [-0.3, -0.25) is 0 Å². The first-order valence-corrected chi connectivity index (χ1v) is 14.9. The van der Waals surface area contributed by atoms with Crippen LogP contribution in [0.3, 0.4) is 0 Å². The first-order valence-electron chi connectivity index (χ1n) is 14.9. The number of piperidine rings is 1. The lowest BCUT2D eigenvalue weighted by molar-refractivity contribution is 0.0204. The van der Waals surface area contributed by atoms with Crippen LogP contribution in [0.5, 0.6) is 0 Å². The van der Waals surface area contributed by atoms with Crippen LogP contribution >= 0.6 is 0 Å². The van der Waals surface area contributed by atoms with Crippen molar-refractivity contribution in [3.63, 3.8) is 0 Å². The number of esters is 1. The number of hydrogen-bond donors (Lipinski definition) is 0. The smallest absolute Gasteiger partial charge is 0.410 e. The summed E-state index contributed by atoms with van der Waals surface area (Å²) in [4.78, 5) is 26.9. The average Bonchev–Trinajstić information content (AvgIpc) is 3.61. The fraction of sp³-hybridized carbons (Fsp3) is 0.485. The van der Waals surface area contributed by atoms with Crippen molar-refractivity contribution in [2.24, 2.45) is 5.92 Å². The van der Waals surface area contributed by atoms with Gasteiger partial charge in [-0.25, -0.2) is 14.1 Å². The third-order valence-electron chi connectivity index (χ3n) is 8.31. The van der Waals surface area contributed by atoms with Crippen LogP contribution in [0.4, 0.5) is 4.79 Å². The molecule has 0 atom stereocenters. The van der Waals surface area contributed by atoms with E-state index in [1.165, 1.54) is 29.3 Å². The van der Waals surface area contributed by atoms with Gasteiger partial charge in [-0.1, -0.05) is 18.2 Å². The van der Waals surface area contributed by atoms with E-state index in [9.17, 15) is 9.59 Å². The summed E-state index contributed by atoms with van der Waals surface area (Å²) >= 11 is 0. The van der Waals surface area contributed by atoms with Gasteiger partial charge in [0.15, 0.2) is 0 Å². The standard InChI is InChI=1S/C33H40N4O4/c1-6-40-31(38)25-12-13-27-21(2)29(34-37(27)20-25)28-18-24-8-7-9-26(30(24)36(28)19-22-10-11-22)23-14-16-35(17-15-23)32(39)41-33(3,4)5/h7-9,12-13,18,20,22-23H,6,10-11,14-17,19H2,1-5H3. The van der Waals surface area contributed by atoms with Crippen molar-refractivity contribution in [2.75, 3.05) is 19.7 Å². The molecule has 4 aromatic rings. The third kappa shape index (κ3) is 5.44. The SMILES string of the molecule is CCOC(=O)c1ccc2c(C)c(-c3cc4cccc(C5CCN(C(=O)OC(C)(C)C)CC5)c4n3CC3CC3)nn2c1. The molecule has 216 valence electrons. The van der Waals surface area contributed by atoms with Gasteiger partial charge >= 0.3 is 12.1 Å². The molecule has 4 heterocycles. The van der Waals surface area contributed by atoms with Crippen LogP contribution in [0.2, 0.25) is 0 Å². The van der Waals surface area contributed by atoms with E-state index in [0.717, 1.165) is 41.9 Å². The Kier molecular flexibility index (Phi) is 7.04. The van der Waals surface area contributed by atoms with E-state index in [1.54, 1.807) is 6.20 Å². The van der Waals surface area contributed by atoms with Crippen LogP contribution in [0, 0.1) is 12.8 Å². The highest BCUT2D eigenvalue weighted by molar-refractivity contribution is 5.92. The normalized spacial score (nSPS) is 16.5. The van der Waals surface area contributed by atoms with Gasteiger partial charge < -0.3 is 18.9 Å². The summed E-state index contributed by atoms with van der Waals surface area (Å²) in [5, 5.41) is 6.22. The highest BCUT2D eigenvalue weighted by Gasteiger charge is 2.31. The quantitative estimate of drug-likeness (QED) is 0.240. The Labute approximate surface area is 241 Å². The summed E-state index contributed by atoms with van der Waals surface area (Å²) in [5.41, 5.74) is 6.76. The van der Waals surface area contributed by atoms with Crippen LogP contribution in [0.25, 0.3) is 27.8 Å². The minimum absolute atomic E-state index is 0.220. The van der Waals surface area contributed by atoms with E-state index >= 15 is 0 Å². The van der Waals surface area contributed by atoms with Gasteiger partial charge in [-0.05, 0) is 95.9 Å². The summed E-state index contributed by atoms with van der Waals surface area (Å²) in [5.74, 6) is 0.709. The summed E-state index contributed by atoms with van der Waals surface area (Å²) in [6.07, 6.45) is 5.87. The molecule has 0 radical (unpaired) electrons. The zero-order valence-electron chi connectivity index (χ0n) is 24.8. The first kappa shape index (κ1) is 27.4. The second kappa shape index (κ2) is 10.5. The predicted octanol–water partition coefficient (Wildman–Crippen LogP) is 6.97. The van der Waals surface area contributed by atoms with Crippen LogP contribution in [0.1, 0.15) is 80.8 Å². The Morgan fingerprint density at radius 1 is 1.05 bits per heavy atom. The van der Waals surface area contributed by atoms with Crippen LogP contribution in [0.15, 0.2) is 42.6 Å². The van der Waals surface area contributed by atoms with Gasteiger partial charge in [0.05, 0.1) is 28.9 Å². The Hall–Kier alpha value is -3.81. The van der Waals surface area contributed by atoms with Gasteiger partial charge in [0, 0.05) is 36.8 Å². The largest absolute Gasteiger partial charge is 0.462 e. The molecule has 1 aromatic carbocycles. The second-order valence-electron chi connectivity index (χ2n) is 12.6. The minimum atomic E-state index is -0.490. The molecular formula is C33H40N4O4. The van der Waals surface area contributed by atoms with Crippen LogP contribution in [-0.4, -0.2) is 56.4 Å². The molecule has 1 aliphatic carbocycles. The summed E-state index contributed by atoms with van der Waals surface area (Å²) < 4.78 is 15.1. The number of carbonyl (C=O) groups is 2. The molecule has 1 amide bonds. The van der Waals surface area contributed by atoms with E-state index in [4.69, 9.17) is 14.6 Å². The molecule has 3 aromatic heterocycles. The van der Waals surface area contributed by atoms with E-state index in [0.29, 0.717) is 37.1 Å². The molecule has 1 aliphatic heterocycles. The fourth-order valence-corrected chi connectivity index (χ4v) is 6.08. The van der Waals surface area contributed by atoms with Crippen molar-refractivity contribution >= 4 is 28.5 Å². The molecule has 2 fully saturated rings. The number of aromatic nitrogens is 3. The first-order chi connectivity index (χ1) is 19.6. The van der Waals surface area contributed by atoms with Crippen molar-refractivity contribution in [1.82, 2.24) is 19.1 Å². The molecular weight excluding hydrogens is 516 g/mol. The molecule has 2 aliphatic rings. The summed E-state index contributed by atoms with van der Waals surface area (Å²) in [6, 6.07) is 12.7. The molecule has 1 saturated heterocycles. The molecule has 0 bridgehead atoms. The lowest BCUT2D eigenvalue weighted by atomic mass is 9.88. The molecule has 0 spiro atoms. The van der Waals surface area contributed by atoms with Crippen molar-refractivity contribution in [3.8, 4) is 11.4 Å². The van der Waals surface area contributed by atoms with E-state index in [2.05, 4.69) is 35.8 Å². The number of para-hydroxylation sites is 1. The highest BCUT2D eigenvalue weighted by Crippen LogP contribution is 2.41. The molecule has 8 heteroatoms. The van der Waals surface area contributed by atoms with Crippen LogP contribution in [-0.2, 0) is 16.0 Å². The van der Waals surface area contributed by atoms with E-state index < -0.39 is 5.60 Å². The zero-order chi connectivity index (χ0) is 28.9. The number of nitrogens with zero attached hydrogens (tertiary/aromatic N) is 4. The van der Waals surface area contributed by atoms with Gasteiger partial charge in [-0.2, -0.15) is 5.10 Å². The summed E-state index contributed by atoms with van der Waals surface area (Å²) in [6.45, 7) is 12.3. The van der Waals surface area contributed by atoms with Gasteiger partial charge in [0.25, 0.3) is 0 Å². The molecule has 41 heavy (non-hydrogen) atoms. The minimum Gasteiger partial charge on any atom is -0.462 e. The second-order valence-corrected chi connectivity index (χ2v) is 12.6. The van der Waals surface area contributed by atoms with E-state index in [-0.39, 0.29) is 12.1 Å². The maximum atomic E-state index is 12.7. The Morgan fingerprint density at radius 2 is 1.80 bits per heavy atom. The Balaban J connectivity index is 1.37. The Bertz CT molecular complexity index is 1610. The lowest BCUT2D eigenvalue weighted by Gasteiger charge is -2.34. The van der Waals surface area contributed by atoms with Crippen molar-refractivity contribution < 1.29 is 19.1 Å². The molecule has 8 nitrogen and oxygen atoms in total. The number of carbonyl (C=O) groups excluding carboxylic acids is 2. The third-order valence-corrected chi connectivity index (χ3v) is 8.31.